The third-order valence-corrected chi connectivity index (χ3v) is 6.10. The van der Waals surface area contributed by atoms with Gasteiger partial charge in [0.15, 0.2) is 11.5 Å². The molecular weight excluding hydrogens is 352 g/mol. The maximum absolute atomic E-state index is 13.2. The van der Waals surface area contributed by atoms with Crippen molar-refractivity contribution in [2.75, 3.05) is 27.3 Å². The molecule has 1 heterocycles. The highest BCUT2D eigenvalue weighted by Crippen LogP contribution is 2.43. The zero-order valence-electron chi connectivity index (χ0n) is 16.5. The predicted octanol–water partition coefficient (Wildman–Crippen LogP) is 3.00. The van der Waals surface area contributed by atoms with E-state index in [0.29, 0.717) is 5.92 Å². The van der Waals surface area contributed by atoms with E-state index in [-0.39, 0.29) is 17.9 Å². The van der Waals surface area contributed by atoms with Crippen molar-refractivity contribution >= 4 is 5.91 Å². The first-order valence-electron chi connectivity index (χ1n) is 10.0. The molecule has 2 aliphatic rings. The number of hydrogen-bond acceptors (Lipinski definition) is 4. The molecule has 0 spiro atoms. The fourth-order valence-electron chi connectivity index (χ4n) is 4.67. The van der Waals surface area contributed by atoms with Crippen molar-refractivity contribution in [2.24, 2.45) is 0 Å². The summed E-state index contributed by atoms with van der Waals surface area (Å²) in [5, 5.41) is 6.83. The average molecular weight is 380 g/mol. The summed E-state index contributed by atoms with van der Waals surface area (Å²) in [6, 6.07) is 14.5. The standard InChI is InChI=1S/C23H28N2O3/c1-27-21-11-10-16-17(22(21)28-2)8-9-18(16)23(26)25-20-12-13-24-14-19(20)15-6-4-3-5-7-15/h3-7,10-11,18-20,24H,8-9,12-14H2,1-2H3,(H,25,26). The average Bonchev–Trinajstić information content (AvgIpc) is 3.18. The van der Waals surface area contributed by atoms with Crippen LogP contribution in [0.15, 0.2) is 42.5 Å². The Morgan fingerprint density at radius 2 is 1.89 bits per heavy atom. The first kappa shape index (κ1) is 18.8. The quantitative estimate of drug-likeness (QED) is 0.837. The number of carbonyl (C=O) groups is 1. The van der Waals surface area contributed by atoms with Gasteiger partial charge in [-0.25, -0.2) is 0 Å². The van der Waals surface area contributed by atoms with Crippen LogP contribution in [0.3, 0.4) is 0 Å². The fraction of sp³-hybridized carbons (Fsp3) is 0.435. The van der Waals surface area contributed by atoms with Gasteiger partial charge in [-0.3, -0.25) is 4.79 Å². The molecule has 1 saturated heterocycles. The maximum atomic E-state index is 13.2. The molecule has 1 fully saturated rings. The van der Waals surface area contributed by atoms with Crippen LogP contribution >= 0.6 is 0 Å². The van der Waals surface area contributed by atoms with Gasteiger partial charge in [0.05, 0.1) is 20.1 Å². The summed E-state index contributed by atoms with van der Waals surface area (Å²) >= 11 is 0. The van der Waals surface area contributed by atoms with Crippen molar-refractivity contribution in [3.05, 3.63) is 59.2 Å². The summed E-state index contributed by atoms with van der Waals surface area (Å²) in [5.74, 6) is 1.79. The van der Waals surface area contributed by atoms with Gasteiger partial charge >= 0.3 is 0 Å². The molecule has 0 saturated carbocycles. The Balaban J connectivity index is 1.53. The van der Waals surface area contributed by atoms with Gasteiger partial charge in [0.1, 0.15) is 0 Å². The Labute approximate surface area is 166 Å². The number of carbonyl (C=O) groups excluding carboxylic acids is 1. The number of amides is 1. The number of piperidine rings is 1. The number of ether oxygens (including phenoxy) is 2. The molecule has 0 radical (unpaired) electrons. The largest absolute Gasteiger partial charge is 0.493 e. The second kappa shape index (κ2) is 8.23. The molecule has 5 nitrogen and oxygen atoms in total. The molecule has 0 aromatic heterocycles. The minimum Gasteiger partial charge on any atom is -0.493 e. The summed E-state index contributed by atoms with van der Waals surface area (Å²) in [5.41, 5.74) is 3.45. The first-order chi connectivity index (χ1) is 13.7. The highest BCUT2D eigenvalue weighted by atomic mass is 16.5. The van der Waals surface area contributed by atoms with E-state index in [0.717, 1.165) is 55.0 Å². The second-order valence-corrected chi connectivity index (χ2v) is 7.59. The summed E-state index contributed by atoms with van der Waals surface area (Å²) in [6.45, 7) is 1.82. The molecule has 2 aromatic carbocycles. The Morgan fingerprint density at radius 3 is 2.64 bits per heavy atom. The molecule has 28 heavy (non-hydrogen) atoms. The van der Waals surface area contributed by atoms with Crippen molar-refractivity contribution in [1.82, 2.24) is 10.6 Å². The van der Waals surface area contributed by atoms with Crippen LogP contribution in [0.1, 0.15) is 41.4 Å². The molecular formula is C23H28N2O3. The molecule has 5 heteroatoms. The van der Waals surface area contributed by atoms with Gasteiger partial charge in [0.2, 0.25) is 5.91 Å². The lowest BCUT2D eigenvalue weighted by Crippen LogP contribution is -2.49. The molecule has 0 bridgehead atoms. The van der Waals surface area contributed by atoms with Gasteiger partial charge in [-0.2, -0.15) is 0 Å². The summed E-state index contributed by atoms with van der Waals surface area (Å²) in [7, 11) is 3.30. The summed E-state index contributed by atoms with van der Waals surface area (Å²) < 4.78 is 11.0. The number of nitrogens with one attached hydrogen (secondary N) is 2. The van der Waals surface area contributed by atoms with Crippen molar-refractivity contribution < 1.29 is 14.3 Å². The van der Waals surface area contributed by atoms with Gasteiger partial charge in [-0.1, -0.05) is 36.4 Å². The predicted molar refractivity (Wildman–Crippen MR) is 109 cm³/mol. The van der Waals surface area contributed by atoms with E-state index in [4.69, 9.17) is 9.47 Å². The second-order valence-electron chi connectivity index (χ2n) is 7.59. The van der Waals surface area contributed by atoms with E-state index >= 15 is 0 Å². The van der Waals surface area contributed by atoms with Gasteiger partial charge in [-0.05, 0) is 43.0 Å². The number of fused-ring (bicyclic) bond motifs is 1. The van der Waals surface area contributed by atoms with Crippen molar-refractivity contribution in [3.8, 4) is 11.5 Å². The SMILES string of the molecule is COc1ccc2c(c1OC)CCC2C(=O)NC1CCNCC1c1ccccc1. The number of hydrogen-bond donors (Lipinski definition) is 2. The van der Waals surface area contributed by atoms with Gasteiger partial charge in [-0.15, -0.1) is 0 Å². The third-order valence-electron chi connectivity index (χ3n) is 6.10. The smallest absolute Gasteiger partial charge is 0.227 e. The zero-order chi connectivity index (χ0) is 19.5. The topological polar surface area (TPSA) is 59.6 Å². The van der Waals surface area contributed by atoms with E-state index in [1.807, 2.05) is 18.2 Å². The van der Waals surface area contributed by atoms with E-state index in [1.165, 1.54) is 5.56 Å². The number of methoxy groups -OCH3 is 2. The van der Waals surface area contributed by atoms with Crippen LogP contribution in [0.5, 0.6) is 11.5 Å². The van der Waals surface area contributed by atoms with Crippen LogP contribution in [-0.2, 0) is 11.2 Å². The number of rotatable bonds is 5. The first-order valence-corrected chi connectivity index (χ1v) is 10.0. The van der Waals surface area contributed by atoms with Crippen LogP contribution in [0.2, 0.25) is 0 Å². The molecule has 148 valence electrons. The lowest BCUT2D eigenvalue weighted by atomic mass is 9.86. The normalized spacial score (nSPS) is 23.7. The highest BCUT2D eigenvalue weighted by Gasteiger charge is 2.35. The molecule has 2 aromatic rings. The van der Waals surface area contributed by atoms with Crippen LogP contribution < -0.4 is 20.1 Å². The van der Waals surface area contributed by atoms with Gasteiger partial charge in [0, 0.05) is 24.1 Å². The molecule has 2 N–H and O–H groups in total. The lowest BCUT2D eigenvalue weighted by Gasteiger charge is -2.34. The van der Waals surface area contributed by atoms with Crippen molar-refractivity contribution in [3.63, 3.8) is 0 Å². The molecule has 1 amide bonds. The van der Waals surface area contributed by atoms with Crippen LogP contribution in [0.4, 0.5) is 0 Å². The van der Waals surface area contributed by atoms with Crippen LogP contribution in [-0.4, -0.2) is 39.3 Å². The zero-order valence-corrected chi connectivity index (χ0v) is 16.5. The summed E-state index contributed by atoms with van der Waals surface area (Å²) in [4.78, 5) is 13.2. The monoisotopic (exact) mass is 380 g/mol. The van der Waals surface area contributed by atoms with E-state index in [1.54, 1.807) is 14.2 Å². The van der Waals surface area contributed by atoms with Crippen LogP contribution in [0.25, 0.3) is 0 Å². The van der Waals surface area contributed by atoms with Gasteiger partial charge < -0.3 is 20.1 Å². The maximum Gasteiger partial charge on any atom is 0.227 e. The van der Waals surface area contributed by atoms with E-state index in [2.05, 4.69) is 34.9 Å². The minimum absolute atomic E-state index is 0.124. The molecule has 4 rings (SSSR count). The van der Waals surface area contributed by atoms with Gasteiger partial charge in [0.25, 0.3) is 0 Å². The lowest BCUT2D eigenvalue weighted by molar-refractivity contribution is -0.123. The molecule has 3 unspecified atom stereocenters. The molecule has 1 aliphatic heterocycles. The van der Waals surface area contributed by atoms with Crippen molar-refractivity contribution in [2.45, 2.75) is 37.1 Å². The fourth-order valence-corrected chi connectivity index (χ4v) is 4.67. The van der Waals surface area contributed by atoms with E-state index < -0.39 is 0 Å². The molecule has 3 atom stereocenters. The summed E-state index contributed by atoms with van der Waals surface area (Å²) in [6.07, 6.45) is 2.59. The molecule has 1 aliphatic carbocycles. The van der Waals surface area contributed by atoms with Crippen LogP contribution in [0, 0.1) is 0 Å². The number of benzene rings is 2. The Kier molecular flexibility index (Phi) is 5.53. The van der Waals surface area contributed by atoms with Crippen molar-refractivity contribution in [1.29, 1.82) is 0 Å². The minimum atomic E-state index is -0.124. The third kappa shape index (κ3) is 3.47. The Morgan fingerprint density at radius 1 is 1.07 bits per heavy atom. The Hall–Kier alpha value is -2.53. The highest BCUT2D eigenvalue weighted by molar-refractivity contribution is 5.86. The Bertz CT molecular complexity index is 837. The van der Waals surface area contributed by atoms with E-state index in [9.17, 15) is 4.79 Å².